The number of furan rings is 1. The van der Waals surface area contributed by atoms with Crippen molar-refractivity contribution in [2.75, 3.05) is 47.0 Å². The van der Waals surface area contributed by atoms with Crippen LogP contribution in [0.4, 0.5) is 29.2 Å². The van der Waals surface area contributed by atoms with E-state index in [1.807, 2.05) is 36.4 Å². The van der Waals surface area contributed by atoms with Crippen molar-refractivity contribution < 1.29 is 4.42 Å². The second kappa shape index (κ2) is 11.0. The van der Waals surface area contributed by atoms with Gasteiger partial charge in [0, 0.05) is 37.4 Å². The molecule has 39 heavy (non-hydrogen) atoms. The summed E-state index contributed by atoms with van der Waals surface area (Å²) in [6, 6.07) is 15.4. The van der Waals surface area contributed by atoms with E-state index in [1.165, 1.54) is 12.8 Å². The molecule has 5 heterocycles. The van der Waals surface area contributed by atoms with E-state index in [4.69, 9.17) is 25.1 Å². The summed E-state index contributed by atoms with van der Waals surface area (Å²) in [6.07, 6.45) is 8.70. The van der Waals surface area contributed by atoms with Crippen LogP contribution in [0.2, 0.25) is 0 Å². The molecule has 1 aromatic carbocycles. The molecule has 10 nitrogen and oxygen atoms in total. The quantitative estimate of drug-likeness (QED) is 0.341. The normalized spacial score (nSPS) is 15.7. The number of nitriles is 1. The van der Waals surface area contributed by atoms with Gasteiger partial charge >= 0.3 is 0 Å². The summed E-state index contributed by atoms with van der Waals surface area (Å²) in [5.74, 6) is 2.59. The summed E-state index contributed by atoms with van der Waals surface area (Å²) < 4.78 is 5.49. The highest BCUT2D eigenvalue weighted by Gasteiger charge is 2.21. The fraction of sp³-hybridized carbons (Fsp3) is 0.345. The molecule has 2 saturated heterocycles. The van der Waals surface area contributed by atoms with Gasteiger partial charge in [-0.05, 0) is 74.4 Å². The van der Waals surface area contributed by atoms with E-state index < -0.39 is 0 Å². The van der Waals surface area contributed by atoms with Gasteiger partial charge in [0.2, 0.25) is 17.8 Å². The van der Waals surface area contributed by atoms with E-state index in [0.29, 0.717) is 23.1 Å². The van der Waals surface area contributed by atoms with Crippen molar-refractivity contribution in [1.29, 1.82) is 5.26 Å². The van der Waals surface area contributed by atoms with E-state index in [2.05, 4.69) is 26.2 Å². The predicted octanol–water partition coefficient (Wildman–Crippen LogP) is 5.37. The van der Waals surface area contributed by atoms with Crippen LogP contribution in [0.25, 0.3) is 22.6 Å². The van der Waals surface area contributed by atoms with Gasteiger partial charge in [-0.15, -0.1) is 0 Å². The number of hydrogen-bond acceptors (Lipinski definition) is 10. The molecular formula is C29H31N9O. The monoisotopic (exact) mass is 521 g/mol. The maximum atomic E-state index is 9.59. The Bertz CT molecular complexity index is 1430. The third-order valence-electron chi connectivity index (χ3n) is 7.28. The Kier molecular flexibility index (Phi) is 6.95. The van der Waals surface area contributed by atoms with Crippen molar-refractivity contribution in [1.82, 2.24) is 19.9 Å². The lowest BCUT2D eigenvalue weighted by Crippen LogP contribution is -2.34. The van der Waals surface area contributed by atoms with Gasteiger partial charge in [0.15, 0.2) is 11.5 Å². The number of nitrogens with one attached hydrogen (secondary N) is 1. The van der Waals surface area contributed by atoms with Gasteiger partial charge in [0.05, 0.1) is 12.0 Å². The van der Waals surface area contributed by atoms with Crippen LogP contribution in [0.1, 0.15) is 44.2 Å². The number of piperidine rings is 2. The van der Waals surface area contributed by atoms with Gasteiger partial charge in [0.1, 0.15) is 11.8 Å². The molecule has 0 spiro atoms. The van der Waals surface area contributed by atoms with Crippen LogP contribution in [0, 0.1) is 11.3 Å². The summed E-state index contributed by atoms with van der Waals surface area (Å²) in [7, 11) is 0. The van der Waals surface area contributed by atoms with Crippen molar-refractivity contribution in [2.24, 2.45) is 0 Å². The fourth-order valence-electron chi connectivity index (χ4n) is 5.17. The molecule has 2 aliphatic rings. The average Bonchev–Trinajstić information content (AvgIpc) is 3.54. The lowest BCUT2D eigenvalue weighted by Gasteiger charge is -2.30. The van der Waals surface area contributed by atoms with Crippen LogP contribution < -0.4 is 20.9 Å². The highest BCUT2D eigenvalue weighted by molar-refractivity contribution is 5.83. The van der Waals surface area contributed by atoms with E-state index in [0.717, 1.165) is 80.6 Å². The third kappa shape index (κ3) is 5.34. The van der Waals surface area contributed by atoms with Crippen LogP contribution in [-0.4, -0.2) is 46.1 Å². The fourth-order valence-corrected chi connectivity index (χ4v) is 5.17. The van der Waals surface area contributed by atoms with Crippen LogP contribution in [0.3, 0.4) is 0 Å². The molecule has 0 saturated carbocycles. The molecule has 6 rings (SSSR count). The number of nitrogen functional groups attached to an aromatic ring is 1. The molecule has 0 atom stereocenters. The maximum Gasteiger partial charge on any atom is 0.233 e. The number of aromatic nitrogens is 4. The lowest BCUT2D eigenvalue weighted by molar-refractivity contribution is 0.556. The van der Waals surface area contributed by atoms with Crippen LogP contribution >= 0.6 is 0 Å². The number of anilines is 5. The molecular weight excluding hydrogens is 490 g/mol. The first-order valence-corrected chi connectivity index (χ1v) is 13.6. The molecule has 0 aliphatic carbocycles. The predicted molar refractivity (Wildman–Crippen MR) is 152 cm³/mol. The lowest BCUT2D eigenvalue weighted by atomic mass is 10.0. The minimum atomic E-state index is 0.168. The number of nitrogens with two attached hydrogens (primary N) is 1. The van der Waals surface area contributed by atoms with Gasteiger partial charge in [-0.2, -0.15) is 20.2 Å². The summed E-state index contributed by atoms with van der Waals surface area (Å²) in [4.78, 5) is 23.4. The van der Waals surface area contributed by atoms with Gasteiger partial charge in [-0.3, -0.25) is 0 Å². The highest BCUT2D eigenvalue weighted by Crippen LogP contribution is 2.33. The summed E-state index contributed by atoms with van der Waals surface area (Å²) in [5, 5.41) is 13.0. The van der Waals surface area contributed by atoms with Crippen LogP contribution in [0.15, 0.2) is 53.1 Å². The Balaban J connectivity index is 1.29. The second-order valence-corrected chi connectivity index (χ2v) is 9.96. The third-order valence-corrected chi connectivity index (χ3v) is 7.28. The van der Waals surface area contributed by atoms with E-state index in [-0.39, 0.29) is 5.69 Å². The number of rotatable bonds is 6. The van der Waals surface area contributed by atoms with Gasteiger partial charge in [-0.25, -0.2) is 4.98 Å². The number of nitrogens with zero attached hydrogens (tertiary/aromatic N) is 7. The molecule has 198 valence electrons. The minimum absolute atomic E-state index is 0.168. The zero-order chi connectivity index (χ0) is 26.6. The zero-order valence-electron chi connectivity index (χ0n) is 21.8. The van der Waals surface area contributed by atoms with Crippen LogP contribution in [-0.2, 0) is 0 Å². The topological polar surface area (TPSA) is 133 Å². The molecule has 0 unspecified atom stereocenters. The molecule has 0 radical (unpaired) electrons. The first-order chi connectivity index (χ1) is 19.2. The molecule has 10 heteroatoms. The first kappa shape index (κ1) is 24.7. The van der Waals surface area contributed by atoms with Gasteiger partial charge in [-0.1, -0.05) is 12.1 Å². The molecule has 3 aromatic heterocycles. The molecule has 4 aromatic rings. The Labute approximate surface area is 227 Å². The summed E-state index contributed by atoms with van der Waals surface area (Å²) >= 11 is 0. The number of benzene rings is 1. The van der Waals surface area contributed by atoms with E-state index in [9.17, 15) is 5.26 Å². The first-order valence-electron chi connectivity index (χ1n) is 13.6. The molecule has 0 amide bonds. The summed E-state index contributed by atoms with van der Waals surface area (Å²) in [5.41, 5.74) is 9.81. The number of hydrogen-bond donors (Lipinski definition) is 2. The standard InChI is InChI=1S/C29H31N9O/c30-19-24-26(31)22(18-23(33-24)25-8-7-17-39-25)20-9-11-21(12-10-20)32-27-34-28(37-13-3-1-4-14-37)36-29(35-27)38-15-5-2-6-16-38/h7-12,17-18H,1-6,13-16,31H2,(H,32,34,35,36). The molecule has 2 fully saturated rings. The number of pyridine rings is 1. The molecule has 2 aliphatic heterocycles. The van der Waals surface area contributed by atoms with Crippen molar-refractivity contribution in [3.63, 3.8) is 0 Å². The summed E-state index contributed by atoms with van der Waals surface area (Å²) in [6.45, 7) is 3.87. The van der Waals surface area contributed by atoms with Crippen molar-refractivity contribution in [3.05, 3.63) is 54.4 Å². The Hall–Kier alpha value is -4.65. The Morgan fingerprint density at radius 2 is 1.46 bits per heavy atom. The largest absolute Gasteiger partial charge is 0.463 e. The van der Waals surface area contributed by atoms with E-state index >= 15 is 0 Å². The van der Waals surface area contributed by atoms with E-state index in [1.54, 1.807) is 12.3 Å². The maximum absolute atomic E-state index is 9.59. The highest BCUT2D eigenvalue weighted by atomic mass is 16.3. The van der Waals surface area contributed by atoms with Crippen molar-refractivity contribution in [2.45, 2.75) is 38.5 Å². The molecule has 3 N–H and O–H groups in total. The Morgan fingerprint density at radius 1 is 0.821 bits per heavy atom. The molecule has 0 bridgehead atoms. The van der Waals surface area contributed by atoms with Gasteiger partial charge < -0.3 is 25.3 Å². The average molecular weight is 522 g/mol. The van der Waals surface area contributed by atoms with Crippen LogP contribution in [0.5, 0.6) is 0 Å². The van der Waals surface area contributed by atoms with Crippen molar-refractivity contribution in [3.8, 4) is 28.7 Å². The van der Waals surface area contributed by atoms with Gasteiger partial charge in [0.25, 0.3) is 0 Å². The minimum Gasteiger partial charge on any atom is -0.463 e. The Morgan fingerprint density at radius 3 is 2.03 bits per heavy atom. The SMILES string of the molecule is N#Cc1nc(-c2ccco2)cc(-c2ccc(Nc3nc(N4CCCCC4)nc(N4CCCCC4)n3)cc2)c1N. The zero-order valence-corrected chi connectivity index (χ0v) is 21.8. The van der Waals surface area contributed by atoms with Crippen molar-refractivity contribution >= 4 is 29.2 Å². The smallest absolute Gasteiger partial charge is 0.233 e. The second-order valence-electron chi connectivity index (χ2n) is 9.96.